The van der Waals surface area contributed by atoms with Crippen molar-refractivity contribution in [2.75, 3.05) is 17.7 Å². The molecule has 0 saturated carbocycles. The van der Waals surface area contributed by atoms with Crippen molar-refractivity contribution in [3.63, 3.8) is 0 Å². The molecule has 4 N–H and O–H groups in total. The lowest BCUT2D eigenvalue weighted by atomic mass is 9.71. The summed E-state index contributed by atoms with van der Waals surface area (Å²) in [5.74, 6) is -5.33. The summed E-state index contributed by atoms with van der Waals surface area (Å²) in [5.41, 5.74) is -11.1. The van der Waals surface area contributed by atoms with Gasteiger partial charge in [-0.3, -0.25) is 9.59 Å². The first-order chi connectivity index (χ1) is 22.4. The molecular weight excluding hydrogens is 650 g/mol. The molecule has 0 aliphatic heterocycles. The van der Waals surface area contributed by atoms with Crippen LogP contribution in [0.5, 0.6) is 11.5 Å². The standard InChI is InChI=1S/C33H24F6N2O7/c1-17(42)24-13-3-19(16-27(24)30(46)47)31(32(34,35)36,33(37,38)39)18-4-14-25(29(44)45)26(15-18)28(43)41-21-7-11-23(12-8-21)48-22-9-5-20(40-2)6-10-22/h3-16,40H,1-2H3,(H,41,43)(H,44,45)(H,46,47). The van der Waals surface area contributed by atoms with Crippen molar-refractivity contribution < 1.29 is 60.5 Å². The SMILES string of the molecule is CNc1ccc(Oc2ccc(NC(=O)c3cc(C(c4ccc(C(C)=O)c(C(=O)O)c4)(C(F)(F)F)C(F)(F)F)ccc3C(=O)O)cc2)cc1. The molecule has 1 amide bonds. The summed E-state index contributed by atoms with van der Waals surface area (Å²) >= 11 is 0. The first kappa shape index (κ1) is 35.0. The molecule has 15 heteroatoms. The topological polar surface area (TPSA) is 142 Å². The number of carbonyl (C=O) groups excluding carboxylic acids is 2. The van der Waals surface area contributed by atoms with Crippen molar-refractivity contribution in [3.05, 3.63) is 118 Å². The number of rotatable bonds is 10. The zero-order valence-electron chi connectivity index (χ0n) is 24.8. The average molecular weight is 675 g/mol. The van der Waals surface area contributed by atoms with Crippen LogP contribution in [-0.4, -0.2) is 53.2 Å². The molecule has 0 radical (unpaired) electrons. The number of nitrogens with one attached hydrogen (secondary N) is 2. The minimum absolute atomic E-state index is 0.0107. The van der Waals surface area contributed by atoms with Gasteiger partial charge in [0.15, 0.2) is 5.78 Å². The van der Waals surface area contributed by atoms with Crippen LogP contribution in [0.4, 0.5) is 37.7 Å². The van der Waals surface area contributed by atoms with E-state index in [2.05, 4.69) is 10.6 Å². The van der Waals surface area contributed by atoms with Gasteiger partial charge in [0.05, 0.1) is 16.7 Å². The number of hydrogen-bond acceptors (Lipinski definition) is 6. The predicted octanol–water partition coefficient (Wildman–Crippen LogP) is 7.78. The van der Waals surface area contributed by atoms with Crippen LogP contribution in [0.1, 0.15) is 59.5 Å². The van der Waals surface area contributed by atoms with Crippen molar-refractivity contribution in [2.24, 2.45) is 0 Å². The minimum atomic E-state index is -6.22. The van der Waals surface area contributed by atoms with Gasteiger partial charge in [0.2, 0.25) is 5.41 Å². The Morgan fingerprint density at radius 2 is 1.04 bits per heavy atom. The molecule has 0 spiro atoms. The Bertz CT molecular complexity index is 1870. The van der Waals surface area contributed by atoms with E-state index in [0.717, 1.165) is 12.6 Å². The molecule has 250 valence electrons. The zero-order valence-corrected chi connectivity index (χ0v) is 24.8. The molecule has 0 heterocycles. The second-order valence-electron chi connectivity index (χ2n) is 10.3. The molecule has 0 aliphatic rings. The van der Waals surface area contributed by atoms with Crippen LogP contribution in [0.15, 0.2) is 84.9 Å². The first-order valence-corrected chi connectivity index (χ1v) is 13.7. The van der Waals surface area contributed by atoms with E-state index in [9.17, 15) is 55.7 Å². The number of Topliss-reactive ketones (excluding diaryl/α,β-unsaturated/α-hetero) is 1. The van der Waals surface area contributed by atoms with Gasteiger partial charge in [-0.25, -0.2) is 9.59 Å². The van der Waals surface area contributed by atoms with E-state index in [0.29, 0.717) is 29.7 Å². The van der Waals surface area contributed by atoms with E-state index >= 15 is 0 Å². The summed E-state index contributed by atoms with van der Waals surface area (Å²) in [6.07, 6.45) is -12.4. The summed E-state index contributed by atoms with van der Waals surface area (Å²) < 4.78 is 94.7. The van der Waals surface area contributed by atoms with Crippen molar-refractivity contribution >= 4 is 35.0 Å². The second-order valence-corrected chi connectivity index (χ2v) is 10.3. The third kappa shape index (κ3) is 6.65. The van der Waals surface area contributed by atoms with Gasteiger partial charge >= 0.3 is 24.3 Å². The molecule has 0 bridgehead atoms. The molecule has 0 fully saturated rings. The van der Waals surface area contributed by atoms with Gasteiger partial charge < -0.3 is 25.6 Å². The fraction of sp³-hybridized carbons (Fsp3) is 0.152. The van der Waals surface area contributed by atoms with E-state index in [1.54, 1.807) is 31.3 Å². The number of hydrogen-bond donors (Lipinski definition) is 4. The third-order valence-corrected chi connectivity index (χ3v) is 7.33. The van der Waals surface area contributed by atoms with Gasteiger partial charge in [-0.05, 0) is 84.8 Å². The van der Waals surface area contributed by atoms with E-state index in [4.69, 9.17) is 4.74 Å². The van der Waals surface area contributed by atoms with Crippen LogP contribution in [0.3, 0.4) is 0 Å². The molecule has 0 saturated heterocycles. The number of amides is 1. The van der Waals surface area contributed by atoms with Gasteiger partial charge in [-0.2, -0.15) is 26.3 Å². The molecular formula is C33H24F6N2O7. The summed E-state index contributed by atoms with van der Waals surface area (Å²) in [6.45, 7) is 0.876. The highest BCUT2D eigenvalue weighted by molar-refractivity contribution is 6.11. The average Bonchev–Trinajstić information content (AvgIpc) is 3.01. The van der Waals surface area contributed by atoms with Crippen molar-refractivity contribution in [1.82, 2.24) is 0 Å². The number of ketones is 1. The van der Waals surface area contributed by atoms with E-state index < -0.39 is 74.8 Å². The Morgan fingerprint density at radius 3 is 1.46 bits per heavy atom. The number of aromatic carboxylic acids is 2. The largest absolute Gasteiger partial charge is 0.478 e. The fourth-order valence-corrected chi connectivity index (χ4v) is 5.03. The van der Waals surface area contributed by atoms with Crippen molar-refractivity contribution in [3.8, 4) is 11.5 Å². The Kier molecular flexibility index (Phi) is 9.55. The number of carboxylic acid groups (broad SMARTS) is 2. The zero-order chi connectivity index (χ0) is 35.6. The maximum atomic E-state index is 14.8. The molecule has 4 aromatic rings. The molecule has 0 aromatic heterocycles. The van der Waals surface area contributed by atoms with E-state index in [1.807, 2.05) is 0 Å². The van der Waals surface area contributed by atoms with Crippen LogP contribution in [-0.2, 0) is 5.41 Å². The molecule has 0 atom stereocenters. The Morgan fingerprint density at radius 1 is 0.604 bits per heavy atom. The molecule has 0 aliphatic carbocycles. The Balaban J connectivity index is 1.80. The van der Waals surface area contributed by atoms with Gasteiger partial charge in [0.1, 0.15) is 11.5 Å². The smallest absolute Gasteiger partial charge is 0.411 e. The van der Waals surface area contributed by atoms with Crippen LogP contribution >= 0.6 is 0 Å². The number of carboxylic acids is 2. The van der Waals surface area contributed by atoms with Crippen LogP contribution in [0.2, 0.25) is 0 Å². The van der Waals surface area contributed by atoms with Crippen molar-refractivity contribution in [2.45, 2.75) is 24.7 Å². The van der Waals surface area contributed by atoms with Crippen molar-refractivity contribution in [1.29, 1.82) is 0 Å². The Labute approximate surface area is 267 Å². The van der Waals surface area contributed by atoms with E-state index in [1.165, 1.54) is 24.3 Å². The number of halogens is 6. The van der Waals surface area contributed by atoms with Gasteiger partial charge in [0, 0.05) is 24.0 Å². The van der Waals surface area contributed by atoms with E-state index in [-0.39, 0.29) is 23.9 Å². The molecule has 48 heavy (non-hydrogen) atoms. The fourth-order valence-electron chi connectivity index (χ4n) is 5.03. The lowest BCUT2D eigenvalue weighted by Gasteiger charge is -2.38. The number of benzene rings is 4. The van der Waals surface area contributed by atoms with Crippen LogP contribution in [0.25, 0.3) is 0 Å². The minimum Gasteiger partial charge on any atom is -0.478 e. The monoisotopic (exact) mass is 674 g/mol. The highest BCUT2D eigenvalue weighted by Gasteiger charge is 2.72. The summed E-state index contributed by atoms with van der Waals surface area (Å²) in [5, 5.41) is 24.4. The number of alkyl halides is 6. The lowest BCUT2D eigenvalue weighted by Crippen LogP contribution is -2.55. The normalized spacial score (nSPS) is 11.8. The second kappa shape index (κ2) is 13.1. The number of carbonyl (C=O) groups is 4. The van der Waals surface area contributed by atoms with Gasteiger partial charge in [0.25, 0.3) is 5.91 Å². The van der Waals surface area contributed by atoms with Gasteiger partial charge in [-0.1, -0.05) is 18.2 Å². The number of ether oxygens (including phenoxy) is 1. The van der Waals surface area contributed by atoms with Crippen LogP contribution < -0.4 is 15.4 Å². The first-order valence-electron chi connectivity index (χ1n) is 13.7. The predicted molar refractivity (Wildman–Crippen MR) is 160 cm³/mol. The highest BCUT2D eigenvalue weighted by atomic mass is 19.4. The maximum absolute atomic E-state index is 14.8. The summed E-state index contributed by atoms with van der Waals surface area (Å²) in [4.78, 5) is 48.8. The maximum Gasteiger partial charge on any atom is 0.411 e. The number of anilines is 2. The lowest BCUT2D eigenvalue weighted by molar-refractivity contribution is -0.288. The summed E-state index contributed by atoms with van der Waals surface area (Å²) in [6, 6.07) is 14.0. The molecule has 0 unspecified atom stereocenters. The molecule has 4 aromatic carbocycles. The Hall–Kier alpha value is -5.86. The third-order valence-electron chi connectivity index (χ3n) is 7.33. The van der Waals surface area contributed by atoms with Gasteiger partial charge in [-0.15, -0.1) is 0 Å². The van der Waals surface area contributed by atoms with Crippen LogP contribution in [0, 0.1) is 0 Å². The quantitative estimate of drug-likeness (QED) is 0.0987. The highest BCUT2D eigenvalue weighted by Crippen LogP contribution is 2.56. The summed E-state index contributed by atoms with van der Waals surface area (Å²) in [7, 11) is 1.73. The molecule has 4 rings (SSSR count). The molecule has 9 nitrogen and oxygen atoms in total.